The molecule has 0 aliphatic rings. The Hall–Kier alpha value is -5.23. The van der Waals surface area contributed by atoms with Crippen LogP contribution in [0.2, 0.25) is 0 Å². The lowest BCUT2D eigenvalue weighted by molar-refractivity contribution is -0.144. The first kappa shape index (κ1) is 61.4. The fourth-order valence-electron chi connectivity index (χ4n) is 4.03. The van der Waals surface area contributed by atoms with E-state index in [1.807, 2.05) is 58.2 Å². The number of carboxylic acid groups (broad SMARTS) is 7. The largest absolute Gasteiger partial charge is 0.481 e. The summed E-state index contributed by atoms with van der Waals surface area (Å²) in [7, 11) is 0. The maximum absolute atomic E-state index is 10.6. The van der Waals surface area contributed by atoms with Gasteiger partial charge in [0.2, 0.25) is 0 Å². The van der Waals surface area contributed by atoms with Gasteiger partial charge in [0.15, 0.2) is 0 Å². The van der Waals surface area contributed by atoms with E-state index in [2.05, 4.69) is 4.98 Å². The van der Waals surface area contributed by atoms with E-state index in [0.717, 1.165) is 29.3 Å². The van der Waals surface area contributed by atoms with Crippen LogP contribution in [0.25, 0.3) is 10.9 Å². The first-order valence-corrected chi connectivity index (χ1v) is 18.9. The summed E-state index contributed by atoms with van der Waals surface area (Å²) in [5.74, 6) is -6.42. The molecule has 0 radical (unpaired) electrons. The summed E-state index contributed by atoms with van der Waals surface area (Å²) in [6.45, 7) is 11.9. The number of nitrogens with two attached hydrogens (primary N) is 7. The summed E-state index contributed by atoms with van der Waals surface area (Å²) in [5, 5.41) is 59.0. The normalized spacial score (nSPS) is 13.3. The van der Waals surface area contributed by atoms with Crippen molar-refractivity contribution in [2.45, 2.75) is 123 Å². The smallest absolute Gasteiger partial charge is 0.321 e. The molecule has 2 rings (SSSR count). The quantitative estimate of drug-likeness (QED) is 0.0853. The van der Waals surface area contributed by atoms with Crippen LogP contribution in [-0.2, 0) is 40.0 Å². The molecule has 22 N–H and O–H groups in total. The third-order valence-corrected chi connectivity index (χ3v) is 7.52. The zero-order valence-corrected chi connectivity index (χ0v) is 35.3. The minimum Gasteiger partial charge on any atom is -0.481 e. The van der Waals surface area contributed by atoms with Crippen LogP contribution in [0.5, 0.6) is 0 Å². The van der Waals surface area contributed by atoms with Crippen molar-refractivity contribution in [1.82, 2.24) is 4.98 Å². The van der Waals surface area contributed by atoms with Crippen molar-refractivity contribution in [3.05, 3.63) is 36.0 Å². The Balaban J connectivity index is -0.000000319. The molecular weight excluding hydrogens is 792 g/mol. The second-order valence-corrected chi connectivity index (χ2v) is 14.5. The van der Waals surface area contributed by atoms with Gasteiger partial charge in [0.05, 0.1) is 6.42 Å². The number of unbranched alkanes of at least 4 members (excludes halogenated alkanes) is 1. The van der Waals surface area contributed by atoms with E-state index in [4.69, 9.17) is 75.9 Å². The Morgan fingerprint density at radius 1 is 0.567 bits per heavy atom. The highest BCUT2D eigenvalue weighted by Gasteiger charge is 2.17. The number of carbonyl (C=O) groups is 7. The van der Waals surface area contributed by atoms with Gasteiger partial charge < -0.3 is 80.9 Å². The molecule has 0 aliphatic heterocycles. The number of nitrogens with one attached hydrogen (secondary N) is 1. The maximum Gasteiger partial charge on any atom is 0.321 e. The standard InChI is InChI=1S/C11H12N2O2.C6H14N2O2.2C6H13NO2.C5H11NO2.C4H7NO4/c12-9(11(14)15)5-7-6-13-10-4-2-1-3-8(7)10;7-4-2-1-3-5(8)6(9)10;2*1-4(2)3-5(7)6(8)9;1-3(2)4(6)5(7)8;5-2(4(8)9)1-3(6)7/h1-4,6,9,13H,5,12H2,(H,14,15);5H,1-4,7-8H2,(H,9,10);2*4-5H,3,7H2,1-2H3,(H,8,9);3-4H,6H2,1-2H3,(H,7,8);2H,1,5H2,(H,6,7)(H,8,9). The van der Waals surface area contributed by atoms with Crippen LogP contribution in [-0.4, -0.2) is 125 Å². The fraction of sp³-hybridized carbons (Fsp3) is 0.605. The van der Waals surface area contributed by atoms with Crippen molar-refractivity contribution in [2.75, 3.05) is 6.54 Å². The van der Waals surface area contributed by atoms with E-state index in [9.17, 15) is 33.6 Å². The Labute approximate surface area is 349 Å². The van der Waals surface area contributed by atoms with Crippen molar-refractivity contribution in [3.8, 4) is 0 Å². The van der Waals surface area contributed by atoms with Crippen molar-refractivity contribution >= 4 is 52.7 Å². The molecule has 1 aromatic heterocycles. The molecule has 0 saturated heterocycles. The van der Waals surface area contributed by atoms with Gasteiger partial charge in [0.1, 0.15) is 36.3 Å². The van der Waals surface area contributed by atoms with E-state index in [1.54, 1.807) is 13.8 Å². The molecule has 0 fully saturated rings. The van der Waals surface area contributed by atoms with Gasteiger partial charge in [-0.2, -0.15) is 0 Å². The lowest BCUT2D eigenvalue weighted by atomic mass is 10.1. The Morgan fingerprint density at radius 2 is 0.983 bits per heavy atom. The number of aromatic amines is 1. The number of aliphatic carboxylic acids is 7. The minimum absolute atomic E-state index is 0.0208. The number of hydrogen-bond acceptors (Lipinski definition) is 14. The van der Waals surface area contributed by atoms with Crippen molar-refractivity contribution < 1.29 is 69.3 Å². The minimum atomic E-state index is -1.29. The predicted octanol–water partition coefficient (Wildman–Crippen LogP) is 0.466. The van der Waals surface area contributed by atoms with Gasteiger partial charge in [0.25, 0.3) is 0 Å². The summed E-state index contributed by atoms with van der Waals surface area (Å²) in [5.41, 5.74) is 38.3. The monoisotopic (exact) mass is 863 g/mol. The number of hydrogen-bond donors (Lipinski definition) is 15. The van der Waals surface area contributed by atoms with Crippen LogP contribution in [0, 0.1) is 17.8 Å². The summed E-state index contributed by atoms with van der Waals surface area (Å²) < 4.78 is 0. The lowest BCUT2D eigenvalue weighted by Crippen LogP contribution is -2.34. The van der Waals surface area contributed by atoms with Gasteiger partial charge in [-0.25, -0.2) is 0 Å². The first-order chi connectivity index (χ1) is 27.5. The molecule has 22 heteroatoms. The number of fused-ring (bicyclic) bond motifs is 1. The third-order valence-electron chi connectivity index (χ3n) is 7.52. The van der Waals surface area contributed by atoms with Crippen molar-refractivity contribution in [1.29, 1.82) is 0 Å². The molecule has 6 atom stereocenters. The molecule has 1 aromatic carbocycles. The number of aromatic nitrogens is 1. The van der Waals surface area contributed by atoms with Gasteiger partial charge >= 0.3 is 41.8 Å². The number of benzene rings is 1. The molecule has 0 amide bonds. The number of rotatable bonds is 19. The zero-order valence-electron chi connectivity index (χ0n) is 35.3. The molecule has 346 valence electrons. The number of para-hydroxylation sites is 1. The van der Waals surface area contributed by atoms with Gasteiger partial charge in [0, 0.05) is 23.5 Å². The predicted molar refractivity (Wildman–Crippen MR) is 225 cm³/mol. The summed E-state index contributed by atoms with van der Waals surface area (Å²) in [6.07, 6.45) is 4.89. The molecule has 60 heavy (non-hydrogen) atoms. The average Bonchev–Trinajstić information content (AvgIpc) is 3.54. The molecule has 0 spiro atoms. The molecule has 1 heterocycles. The summed E-state index contributed by atoms with van der Waals surface area (Å²) in [4.78, 5) is 73.7. The van der Waals surface area contributed by atoms with Crippen LogP contribution in [0.15, 0.2) is 30.5 Å². The van der Waals surface area contributed by atoms with Gasteiger partial charge in [-0.05, 0) is 61.6 Å². The Morgan fingerprint density at radius 3 is 1.27 bits per heavy atom. The van der Waals surface area contributed by atoms with E-state index in [1.165, 1.54) is 0 Å². The second kappa shape index (κ2) is 34.6. The Bertz CT molecular complexity index is 1530. The highest BCUT2D eigenvalue weighted by molar-refractivity contribution is 5.84. The molecule has 0 aliphatic carbocycles. The van der Waals surface area contributed by atoms with Gasteiger partial charge in [-0.1, -0.05) is 66.2 Å². The molecule has 2 aromatic rings. The molecule has 22 nitrogen and oxygen atoms in total. The topological polar surface area (TPSA) is 459 Å². The zero-order chi connectivity index (χ0) is 47.9. The van der Waals surface area contributed by atoms with Crippen LogP contribution < -0.4 is 40.1 Å². The van der Waals surface area contributed by atoms with Crippen molar-refractivity contribution in [3.63, 3.8) is 0 Å². The lowest BCUT2D eigenvalue weighted by Gasteiger charge is -2.07. The highest BCUT2D eigenvalue weighted by Crippen LogP contribution is 2.18. The number of H-pyrrole nitrogens is 1. The van der Waals surface area contributed by atoms with Gasteiger partial charge in [-0.3, -0.25) is 33.6 Å². The second-order valence-electron chi connectivity index (χ2n) is 14.5. The molecule has 0 bridgehead atoms. The number of carboxylic acids is 7. The Kier molecular flexibility index (Phi) is 35.4. The fourth-order valence-corrected chi connectivity index (χ4v) is 4.03. The van der Waals surface area contributed by atoms with Crippen LogP contribution in [0.1, 0.15) is 85.6 Å². The van der Waals surface area contributed by atoms with Crippen LogP contribution >= 0.6 is 0 Å². The molecule has 6 unspecified atom stereocenters. The molecule has 0 saturated carbocycles. The first-order valence-electron chi connectivity index (χ1n) is 18.9. The van der Waals surface area contributed by atoms with E-state index in [-0.39, 0.29) is 5.92 Å². The van der Waals surface area contributed by atoms with E-state index < -0.39 is 84.5 Å². The maximum atomic E-state index is 10.6. The van der Waals surface area contributed by atoms with E-state index in [0.29, 0.717) is 44.1 Å². The highest BCUT2D eigenvalue weighted by atomic mass is 16.4. The van der Waals surface area contributed by atoms with Gasteiger partial charge in [-0.15, -0.1) is 0 Å². The summed E-state index contributed by atoms with van der Waals surface area (Å²) >= 11 is 0. The SMILES string of the molecule is CC(C)C(N)C(=O)O.CC(C)CC(N)C(=O)O.CC(C)CC(N)C(=O)O.NC(CC(=O)O)C(=O)O.NC(Cc1c[nH]c2ccccc12)C(=O)O.NCCCCC(N)C(=O)O. The van der Waals surface area contributed by atoms with Crippen molar-refractivity contribution in [2.24, 2.45) is 57.9 Å². The third kappa shape index (κ3) is 34.8. The molecular formula is C38H70N8O14. The van der Waals surface area contributed by atoms with Crippen LogP contribution in [0.3, 0.4) is 0 Å². The average molecular weight is 863 g/mol. The van der Waals surface area contributed by atoms with Crippen LogP contribution in [0.4, 0.5) is 0 Å². The summed E-state index contributed by atoms with van der Waals surface area (Å²) in [6, 6.07) is 2.82. The van der Waals surface area contributed by atoms with E-state index >= 15 is 0 Å².